The third kappa shape index (κ3) is 3.58. The molecule has 1 amide bonds. The molecule has 84 valence electrons. The molecule has 4 nitrogen and oxygen atoms in total. The zero-order valence-corrected chi connectivity index (χ0v) is 9.89. The number of hydrogen-bond acceptors (Lipinski definition) is 4. The van der Waals surface area contributed by atoms with Crippen LogP contribution in [0.2, 0.25) is 0 Å². The van der Waals surface area contributed by atoms with E-state index in [1.54, 1.807) is 0 Å². The predicted octanol–water partition coefficient (Wildman–Crippen LogP) is 2.06. The highest BCUT2D eigenvalue weighted by molar-refractivity contribution is 8.15. The van der Waals surface area contributed by atoms with Crippen LogP contribution in [-0.4, -0.2) is 22.5 Å². The van der Waals surface area contributed by atoms with E-state index in [1.807, 2.05) is 20.8 Å². The van der Waals surface area contributed by atoms with Gasteiger partial charge in [0.15, 0.2) is 0 Å². The molecule has 1 rings (SSSR count). The summed E-state index contributed by atoms with van der Waals surface area (Å²) >= 11 is 1.20. The highest BCUT2D eigenvalue weighted by atomic mass is 32.2. The Kier molecular flexibility index (Phi) is 4.20. The first-order valence-electron chi connectivity index (χ1n) is 4.93. The summed E-state index contributed by atoms with van der Waals surface area (Å²) in [7, 11) is 0. The van der Waals surface area contributed by atoms with Gasteiger partial charge in [0.25, 0.3) is 0 Å². The minimum Gasteiger partial charge on any atom is -0.413 e. The lowest BCUT2D eigenvalue weighted by Gasteiger charge is -2.13. The monoisotopic (exact) mass is 229 g/mol. The summed E-state index contributed by atoms with van der Waals surface area (Å²) in [6.07, 6.45) is 1.67. The Balaban J connectivity index is 2.53. The molecular weight excluding hydrogens is 214 g/mol. The molecule has 0 radical (unpaired) electrons. The van der Waals surface area contributed by atoms with Crippen molar-refractivity contribution in [3.63, 3.8) is 0 Å². The Labute approximate surface area is 93.4 Å². The number of rotatable bonds is 3. The summed E-state index contributed by atoms with van der Waals surface area (Å²) in [4.78, 5) is 22.4. The second kappa shape index (κ2) is 5.21. The third-order valence-corrected chi connectivity index (χ3v) is 3.02. The summed E-state index contributed by atoms with van der Waals surface area (Å²) in [5.74, 6) is 0.464. The molecule has 1 N–H and O–H groups in total. The van der Waals surface area contributed by atoms with Gasteiger partial charge >= 0.3 is 6.09 Å². The van der Waals surface area contributed by atoms with Crippen LogP contribution in [0.4, 0.5) is 4.79 Å². The van der Waals surface area contributed by atoms with Crippen LogP contribution >= 0.6 is 11.8 Å². The normalized spacial score (nSPS) is 20.4. The van der Waals surface area contributed by atoms with E-state index in [0.29, 0.717) is 5.76 Å². The first-order valence-corrected chi connectivity index (χ1v) is 5.81. The van der Waals surface area contributed by atoms with Crippen molar-refractivity contribution >= 4 is 23.0 Å². The Bertz CT molecular complexity index is 299. The predicted molar refractivity (Wildman–Crippen MR) is 59.5 cm³/mol. The second-order valence-corrected chi connectivity index (χ2v) is 4.78. The van der Waals surface area contributed by atoms with Gasteiger partial charge in [-0.2, -0.15) is 0 Å². The SMILES string of the molecule is CCC1SC(=O)C=C1OC(=O)NC(C)C. The first-order chi connectivity index (χ1) is 7.02. The molecule has 0 spiro atoms. The van der Waals surface area contributed by atoms with Gasteiger partial charge in [0.05, 0.1) is 5.25 Å². The highest BCUT2D eigenvalue weighted by Crippen LogP contribution is 2.31. The smallest absolute Gasteiger partial charge is 0.412 e. The Morgan fingerprint density at radius 2 is 2.33 bits per heavy atom. The summed E-state index contributed by atoms with van der Waals surface area (Å²) in [5, 5.41) is 2.54. The fraction of sp³-hybridized carbons (Fsp3) is 0.600. The quantitative estimate of drug-likeness (QED) is 0.804. The molecule has 1 atom stereocenters. The number of carbonyl (C=O) groups is 2. The van der Waals surface area contributed by atoms with Crippen molar-refractivity contribution in [3.05, 3.63) is 11.8 Å². The second-order valence-electron chi connectivity index (χ2n) is 3.57. The molecule has 5 heteroatoms. The minimum absolute atomic E-state index is 0.0181. The van der Waals surface area contributed by atoms with Crippen LogP contribution in [-0.2, 0) is 9.53 Å². The number of hydrogen-bond donors (Lipinski definition) is 1. The van der Waals surface area contributed by atoms with E-state index >= 15 is 0 Å². The van der Waals surface area contributed by atoms with Gasteiger partial charge in [-0.15, -0.1) is 0 Å². The first kappa shape index (κ1) is 12.1. The summed E-state index contributed by atoms with van der Waals surface area (Å²) in [5.41, 5.74) is 0. The van der Waals surface area contributed by atoms with E-state index in [1.165, 1.54) is 17.8 Å². The van der Waals surface area contributed by atoms with Crippen molar-refractivity contribution in [1.29, 1.82) is 0 Å². The van der Waals surface area contributed by atoms with E-state index < -0.39 is 6.09 Å². The highest BCUT2D eigenvalue weighted by Gasteiger charge is 2.27. The molecule has 0 saturated heterocycles. The molecule has 1 unspecified atom stereocenters. The molecule has 0 saturated carbocycles. The van der Waals surface area contributed by atoms with Crippen molar-refractivity contribution in [2.75, 3.05) is 0 Å². The largest absolute Gasteiger partial charge is 0.413 e. The number of nitrogens with one attached hydrogen (secondary N) is 1. The molecule has 1 aliphatic heterocycles. The Morgan fingerprint density at radius 1 is 1.67 bits per heavy atom. The van der Waals surface area contributed by atoms with Gasteiger partial charge < -0.3 is 10.1 Å². The molecule has 0 aliphatic carbocycles. The molecule has 1 heterocycles. The zero-order valence-electron chi connectivity index (χ0n) is 9.07. The minimum atomic E-state index is -0.495. The van der Waals surface area contributed by atoms with Gasteiger partial charge in [-0.3, -0.25) is 4.79 Å². The molecule has 1 aliphatic rings. The fourth-order valence-corrected chi connectivity index (χ4v) is 2.06. The molecule has 0 bridgehead atoms. The average molecular weight is 229 g/mol. The zero-order chi connectivity index (χ0) is 11.4. The molecule has 15 heavy (non-hydrogen) atoms. The Morgan fingerprint density at radius 3 is 2.87 bits per heavy atom. The van der Waals surface area contributed by atoms with E-state index in [-0.39, 0.29) is 16.4 Å². The van der Waals surface area contributed by atoms with Crippen molar-refractivity contribution in [2.45, 2.75) is 38.5 Å². The number of ether oxygens (including phenoxy) is 1. The maximum absolute atomic E-state index is 11.3. The number of carbonyl (C=O) groups excluding carboxylic acids is 2. The number of amides is 1. The molecule has 0 fully saturated rings. The summed E-state index contributed by atoms with van der Waals surface area (Å²) in [6.45, 7) is 5.65. The number of thioether (sulfide) groups is 1. The lowest BCUT2D eigenvalue weighted by molar-refractivity contribution is -0.106. The van der Waals surface area contributed by atoms with Crippen LogP contribution < -0.4 is 5.32 Å². The molecule has 0 aromatic rings. The molecule has 0 aromatic carbocycles. The van der Waals surface area contributed by atoms with E-state index in [2.05, 4.69) is 5.32 Å². The van der Waals surface area contributed by atoms with Gasteiger partial charge in [0.1, 0.15) is 5.76 Å². The van der Waals surface area contributed by atoms with E-state index in [0.717, 1.165) is 6.42 Å². The average Bonchev–Trinajstić information content (AvgIpc) is 2.44. The van der Waals surface area contributed by atoms with Crippen LogP contribution in [0.25, 0.3) is 0 Å². The van der Waals surface area contributed by atoms with Gasteiger partial charge in [0.2, 0.25) is 5.12 Å². The van der Waals surface area contributed by atoms with Crippen LogP contribution in [0.15, 0.2) is 11.8 Å². The van der Waals surface area contributed by atoms with Gasteiger partial charge in [-0.25, -0.2) is 4.79 Å². The van der Waals surface area contributed by atoms with E-state index in [9.17, 15) is 9.59 Å². The topological polar surface area (TPSA) is 55.4 Å². The van der Waals surface area contributed by atoms with Gasteiger partial charge in [-0.05, 0) is 20.3 Å². The molecule has 0 aromatic heterocycles. The standard InChI is InChI=1S/C10H15NO3S/c1-4-8-7(5-9(12)15-8)14-10(13)11-6(2)3/h5-6,8H,4H2,1-3H3,(H,11,13). The molecular formula is C10H15NO3S. The van der Waals surface area contributed by atoms with Crippen molar-refractivity contribution < 1.29 is 14.3 Å². The maximum atomic E-state index is 11.3. The van der Waals surface area contributed by atoms with Crippen LogP contribution in [0.5, 0.6) is 0 Å². The van der Waals surface area contributed by atoms with Crippen molar-refractivity contribution in [3.8, 4) is 0 Å². The van der Waals surface area contributed by atoms with Crippen LogP contribution in [0.3, 0.4) is 0 Å². The van der Waals surface area contributed by atoms with Gasteiger partial charge in [-0.1, -0.05) is 18.7 Å². The Hall–Kier alpha value is -0.970. The fourth-order valence-electron chi connectivity index (χ4n) is 1.19. The maximum Gasteiger partial charge on any atom is 0.412 e. The lowest BCUT2D eigenvalue weighted by Crippen LogP contribution is -2.31. The van der Waals surface area contributed by atoms with Crippen molar-refractivity contribution in [1.82, 2.24) is 5.32 Å². The number of alkyl carbamates (subject to hydrolysis) is 1. The van der Waals surface area contributed by atoms with Gasteiger partial charge in [0, 0.05) is 12.1 Å². The van der Waals surface area contributed by atoms with E-state index in [4.69, 9.17) is 4.74 Å². The lowest BCUT2D eigenvalue weighted by atomic mass is 10.3. The third-order valence-electron chi connectivity index (χ3n) is 1.82. The van der Waals surface area contributed by atoms with Crippen LogP contribution in [0.1, 0.15) is 27.2 Å². The van der Waals surface area contributed by atoms with Crippen molar-refractivity contribution in [2.24, 2.45) is 0 Å². The van der Waals surface area contributed by atoms with Crippen LogP contribution in [0, 0.1) is 0 Å². The summed E-state index contributed by atoms with van der Waals surface area (Å²) < 4.78 is 5.07. The summed E-state index contributed by atoms with van der Waals surface area (Å²) in [6, 6.07) is 0.0305.